The van der Waals surface area contributed by atoms with Gasteiger partial charge in [-0.15, -0.1) is 0 Å². The second-order valence-corrected chi connectivity index (χ2v) is 6.93. The molecule has 0 saturated carbocycles. The van der Waals surface area contributed by atoms with Gasteiger partial charge in [0.25, 0.3) is 5.91 Å². The van der Waals surface area contributed by atoms with Crippen molar-refractivity contribution in [1.82, 2.24) is 15.3 Å². The topological polar surface area (TPSA) is 64.1 Å². The van der Waals surface area contributed by atoms with E-state index in [2.05, 4.69) is 15.3 Å². The van der Waals surface area contributed by atoms with Crippen LogP contribution in [-0.2, 0) is 11.3 Å². The lowest BCUT2D eigenvalue weighted by molar-refractivity contribution is -0.134. The molecule has 0 saturated heterocycles. The molecular formula is C21H20ClN3O2. The SMILES string of the molecule is CC(C)(Oc1ccc(Cl)cc1)C(=O)NCc1cccnc1-c1ccncc1. The summed E-state index contributed by atoms with van der Waals surface area (Å²) in [7, 11) is 0. The van der Waals surface area contributed by atoms with Crippen molar-refractivity contribution >= 4 is 17.5 Å². The van der Waals surface area contributed by atoms with Crippen LogP contribution in [0.5, 0.6) is 5.75 Å². The number of amides is 1. The van der Waals surface area contributed by atoms with E-state index in [1.54, 1.807) is 56.7 Å². The molecule has 0 aliphatic heterocycles. The van der Waals surface area contributed by atoms with Gasteiger partial charge < -0.3 is 10.1 Å². The van der Waals surface area contributed by atoms with Crippen LogP contribution in [0.25, 0.3) is 11.3 Å². The summed E-state index contributed by atoms with van der Waals surface area (Å²) < 4.78 is 5.83. The predicted octanol–water partition coefficient (Wildman–Crippen LogP) is 4.27. The van der Waals surface area contributed by atoms with Gasteiger partial charge in [-0.05, 0) is 61.9 Å². The van der Waals surface area contributed by atoms with E-state index in [1.807, 2.05) is 24.3 Å². The summed E-state index contributed by atoms with van der Waals surface area (Å²) in [6, 6.07) is 14.5. The largest absolute Gasteiger partial charge is 0.478 e. The van der Waals surface area contributed by atoms with Gasteiger partial charge in [0.2, 0.25) is 0 Å². The monoisotopic (exact) mass is 381 g/mol. The van der Waals surface area contributed by atoms with Gasteiger partial charge in [0.15, 0.2) is 5.60 Å². The number of halogens is 1. The first-order valence-electron chi connectivity index (χ1n) is 8.53. The lowest BCUT2D eigenvalue weighted by Gasteiger charge is -2.25. The summed E-state index contributed by atoms with van der Waals surface area (Å²) in [5.74, 6) is 0.361. The molecule has 1 N–H and O–H groups in total. The molecule has 6 heteroatoms. The zero-order chi connectivity index (χ0) is 19.3. The molecule has 27 heavy (non-hydrogen) atoms. The maximum absolute atomic E-state index is 12.7. The van der Waals surface area contributed by atoms with Gasteiger partial charge >= 0.3 is 0 Å². The minimum absolute atomic E-state index is 0.220. The summed E-state index contributed by atoms with van der Waals surface area (Å²) in [6.07, 6.45) is 5.17. The van der Waals surface area contributed by atoms with Crippen LogP contribution in [-0.4, -0.2) is 21.5 Å². The van der Waals surface area contributed by atoms with Crippen molar-refractivity contribution in [3.63, 3.8) is 0 Å². The highest BCUT2D eigenvalue weighted by molar-refractivity contribution is 6.30. The van der Waals surface area contributed by atoms with Crippen molar-refractivity contribution in [2.24, 2.45) is 0 Å². The fourth-order valence-electron chi connectivity index (χ4n) is 2.58. The Balaban J connectivity index is 1.69. The van der Waals surface area contributed by atoms with Crippen LogP contribution in [0, 0.1) is 0 Å². The first kappa shape index (κ1) is 18.9. The Kier molecular flexibility index (Phi) is 5.72. The maximum Gasteiger partial charge on any atom is 0.263 e. The van der Waals surface area contributed by atoms with E-state index in [9.17, 15) is 4.79 Å². The fourth-order valence-corrected chi connectivity index (χ4v) is 2.71. The average Bonchev–Trinajstić information content (AvgIpc) is 2.68. The summed E-state index contributed by atoms with van der Waals surface area (Å²) in [5.41, 5.74) is 1.65. The Labute approximate surface area is 163 Å². The van der Waals surface area contributed by atoms with Crippen molar-refractivity contribution in [2.75, 3.05) is 0 Å². The molecule has 2 aromatic heterocycles. The van der Waals surface area contributed by atoms with E-state index in [4.69, 9.17) is 16.3 Å². The highest BCUT2D eigenvalue weighted by atomic mass is 35.5. The van der Waals surface area contributed by atoms with Gasteiger partial charge in [-0.1, -0.05) is 17.7 Å². The van der Waals surface area contributed by atoms with Gasteiger partial charge in [-0.2, -0.15) is 0 Å². The van der Waals surface area contributed by atoms with Crippen molar-refractivity contribution < 1.29 is 9.53 Å². The Morgan fingerprint density at radius 2 is 1.78 bits per heavy atom. The summed E-state index contributed by atoms with van der Waals surface area (Å²) in [4.78, 5) is 21.1. The van der Waals surface area contributed by atoms with Crippen LogP contribution in [0.4, 0.5) is 0 Å². The third kappa shape index (κ3) is 4.83. The average molecular weight is 382 g/mol. The molecular weight excluding hydrogens is 362 g/mol. The zero-order valence-electron chi connectivity index (χ0n) is 15.1. The number of carbonyl (C=O) groups is 1. The van der Waals surface area contributed by atoms with Gasteiger partial charge in [0.1, 0.15) is 5.75 Å². The summed E-state index contributed by atoms with van der Waals surface area (Å²) >= 11 is 5.88. The van der Waals surface area contributed by atoms with E-state index in [1.165, 1.54) is 0 Å². The number of pyridine rings is 2. The van der Waals surface area contributed by atoms with Gasteiger partial charge in [0, 0.05) is 35.7 Å². The van der Waals surface area contributed by atoms with E-state index in [0.717, 1.165) is 16.8 Å². The minimum Gasteiger partial charge on any atom is -0.478 e. The van der Waals surface area contributed by atoms with Crippen molar-refractivity contribution in [3.8, 4) is 17.0 Å². The van der Waals surface area contributed by atoms with E-state index < -0.39 is 5.60 Å². The van der Waals surface area contributed by atoms with E-state index >= 15 is 0 Å². The van der Waals surface area contributed by atoms with Crippen LogP contribution in [0.15, 0.2) is 67.1 Å². The second-order valence-electron chi connectivity index (χ2n) is 6.50. The lowest BCUT2D eigenvalue weighted by atomic mass is 10.1. The quantitative estimate of drug-likeness (QED) is 0.692. The Bertz CT molecular complexity index is 912. The van der Waals surface area contributed by atoms with Crippen LogP contribution in [0.3, 0.4) is 0 Å². The molecule has 1 amide bonds. The first-order chi connectivity index (χ1) is 13.0. The maximum atomic E-state index is 12.7. The van der Waals surface area contributed by atoms with E-state index in [0.29, 0.717) is 17.3 Å². The molecule has 0 spiro atoms. The minimum atomic E-state index is -1.03. The standard InChI is InChI=1S/C21H20ClN3O2/c1-21(2,27-18-7-5-17(22)6-8-18)20(26)25-14-16-4-3-11-24-19(16)15-9-12-23-13-10-15/h3-13H,14H2,1-2H3,(H,25,26). The third-order valence-electron chi connectivity index (χ3n) is 4.02. The number of aromatic nitrogens is 2. The third-order valence-corrected chi connectivity index (χ3v) is 4.27. The van der Waals surface area contributed by atoms with Gasteiger partial charge in [-0.3, -0.25) is 14.8 Å². The Hall–Kier alpha value is -2.92. The fraction of sp³-hybridized carbons (Fsp3) is 0.190. The zero-order valence-corrected chi connectivity index (χ0v) is 15.9. The van der Waals surface area contributed by atoms with Crippen LogP contribution in [0.1, 0.15) is 19.4 Å². The number of rotatable bonds is 6. The molecule has 0 bridgehead atoms. The second kappa shape index (κ2) is 8.18. The number of nitrogens with zero attached hydrogens (tertiary/aromatic N) is 2. The Morgan fingerprint density at radius 3 is 2.48 bits per heavy atom. The highest BCUT2D eigenvalue weighted by Gasteiger charge is 2.29. The smallest absolute Gasteiger partial charge is 0.263 e. The van der Waals surface area contributed by atoms with Gasteiger partial charge in [-0.25, -0.2) is 0 Å². The number of carbonyl (C=O) groups excluding carboxylic acids is 1. The highest BCUT2D eigenvalue weighted by Crippen LogP contribution is 2.22. The number of hydrogen-bond acceptors (Lipinski definition) is 4. The molecule has 0 aliphatic carbocycles. The molecule has 0 radical (unpaired) electrons. The van der Waals surface area contributed by atoms with E-state index in [-0.39, 0.29) is 5.91 Å². The number of nitrogens with one attached hydrogen (secondary N) is 1. The molecule has 1 aromatic carbocycles. The number of hydrogen-bond donors (Lipinski definition) is 1. The first-order valence-corrected chi connectivity index (χ1v) is 8.91. The molecule has 5 nitrogen and oxygen atoms in total. The van der Waals surface area contributed by atoms with Crippen molar-refractivity contribution in [3.05, 3.63) is 77.7 Å². The van der Waals surface area contributed by atoms with Gasteiger partial charge in [0.05, 0.1) is 5.69 Å². The molecule has 0 unspecified atom stereocenters. The summed E-state index contributed by atoms with van der Waals surface area (Å²) in [6.45, 7) is 3.80. The molecule has 3 aromatic rings. The Morgan fingerprint density at radius 1 is 1.07 bits per heavy atom. The number of ether oxygens (including phenoxy) is 1. The van der Waals surface area contributed by atoms with Crippen LogP contribution < -0.4 is 10.1 Å². The molecule has 3 rings (SSSR count). The van der Waals surface area contributed by atoms with Crippen molar-refractivity contribution in [1.29, 1.82) is 0 Å². The molecule has 0 aliphatic rings. The van der Waals surface area contributed by atoms with Crippen LogP contribution >= 0.6 is 11.6 Å². The number of benzene rings is 1. The van der Waals surface area contributed by atoms with Crippen molar-refractivity contribution in [2.45, 2.75) is 26.0 Å². The normalized spacial score (nSPS) is 11.1. The molecule has 0 fully saturated rings. The molecule has 2 heterocycles. The summed E-state index contributed by atoms with van der Waals surface area (Å²) in [5, 5.41) is 3.55. The lowest BCUT2D eigenvalue weighted by Crippen LogP contribution is -2.46. The molecule has 138 valence electrons. The molecule has 0 atom stereocenters. The van der Waals surface area contributed by atoms with Crippen LogP contribution in [0.2, 0.25) is 5.02 Å². The predicted molar refractivity (Wildman–Crippen MR) is 105 cm³/mol.